The first-order valence-electron chi connectivity index (χ1n) is 3.68. The van der Waals surface area contributed by atoms with Gasteiger partial charge in [0.15, 0.2) is 0 Å². The van der Waals surface area contributed by atoms with Crippen LogP contribution in [0.5, 0.6) is 5.88 Å². The first-order valence-corrected chi connectivity index (χ1v) is 3.68. The number of carbonyl (C=O) groups is 1. The summed E-state index contributed by atoms with van der Waals surface area (Å²) in [5.41, 5.74) is 0.656. The molecule has 0 bridgehead atoms. The number of hydrogen-bond acceptors (Lipinski definition) is 4. The average molecular weight is 182 g/mol. The van der Waals surface area contributed by atoms with Crippen LogP contribution >= 0.6 is 0 Å². The van der Waals surface area contributed by atoms with Gasteiger partial charge in [0.1, 0.15) is 6.54 Å². The van der Waals surface area contributed by atoms with E-state index in [1.807, 2.05) is 0 Å². The van der Waals surface area contributed by atoms with Gasteiger partial charge in [0.05, 0.1) is 19.0 Å². The Bertz CT molecular complexity index is 284. The molecule has 0 radical (unpaired) electrons. The highest BCUT2D eigenvalue weighted by Gasteiger charge is 1.97. The largest absolute Gasteiger partial charge is 0.481 e. The number of nitrogens with one attached hydrogen (secondary N) is 1. The summed E-state index contributed by atoms with van der Waals surface area (Å²) in [4.78, 5) is 14.1. The van der Waals surface area contributed by atoms with Crippen LogP contribution in [0, 0.1) is 0 Å². The fourth-order valence-corrected chi connectivity index (χ4v) is 0.783. The molecule has 2 N–H and O–H groups in total. The van der Waals surface area contributed by atoms with E-state index in [1.165, 1.54) is 13.3 Å². The van der Waals surface area contributed by atoms with Crippen LogP contribution in [0.1, 0.15) is 0 Å². The van der Waals surface area contributed by atoms with Crippen molar-refractivity contribution in [2.24, 2.45) is 0 Å². The summed E-state index contributed by atoms with van der Waals surface area (Å²) in [7, 11) is 1.52. The molecule has 1 heterocycles. The molecule has 0 saturated carbocycles. The van der Waals surface area contributed by atoms with Crippen LogP contribution in [0.2, 0.25) is 0 Å². The molecule has 0 atom stereocenters. The van der Waals surface area contributed by atoms with Crippen molar-refractivity contribution in [3.05, 3.63) is 18.3 Å². The summed E-state index contributed by atoms with van der Waals surface area (Å²) in [5.74, 6) is -0.406. The van der Waals surface area contributed by atoms with Crippen molar-refractivity contribution in [1.29, 1.82) is 0 Å². The molecule has 0 saturated heterocycles. The van der Waals surface area contributed by atoms with Gasteiger partial charge in [0.2, 0.25) is 5.88 Å². The van der Waals surface area contributed by atoms with Crippen molar-refractivity contribution in [2.75, 3.05) is 19.0 Å². The SMILES string of the molecule is COc1ccc(NCC(=O)O)cn1. The molecule has 13 heavy (non-hydrogen) atoms. The molecule has 0 spiro atoms. The van der Waals surface area contributed by atoms with E-state index in [0.717, 1.165) is 0 Å². The molecule has 0 aliphatic carbocycles. The summed E-state index contributed by atoms with van der Waals surface area (Å²) in [5, 5.41) is 11.0. The van der Waals surface area contributed by atoms with Gasteiger partial charge in [-0.3, -0.25) is 4.79 Å². The van der Waals surface area contributed by atoms with Crippen molar-refractivity contribution < 1.29 is 14.6 Å². The molecule has 0 aliphatic rings. The van der Waals surface area contributed by atoms with Gasteiger partial charge in [0.25, 0.3) is 0 Å². The minimum absolute atomic E-state index is 0.117. The Morgan fingerprint density at radius 1 is 1.69 bits per heavy atom. The van der Waals surface area contributed by atoms with E-state index in [2.05, 4.69) is 10.3 Å². The van der Waals surface area contributed by atoms with Gasteiger partial charge in [-0.25, -0.2) is 4.98 Å². The Morgan fingerprint density at radius 2 is 2.46 bits per heavy atom. The zero-order chi connectivity index (χ0) is 9.68. The van der Waals surface area contributed by atoms with Crippen LogP contribution in [0.25, 0.3) is 0 Å². The van der Waals surface area contributed by atoms with Gasteiger partial charge in [0, 0.05) is 6.07 Å². The fourth-order valence-electron chi connectivity index (χ4n) is 0.783. The van der Waals surface area contributed by atoms with Crippen LogP contribution in [0.3, 0.4) is 0 Å². The second kappa shape index (κ2) is 4.30. The highest BCUT2D eigenvalue weighted by molar-refractivity contribution is 5.72. The third-order valence-electron chi connectivity index (χ3n) is 1.39. The molecule has 1 aromatic rings. The van der Waals surface area contributed by atoms with Gasteiger partial charge in [-0.2, -0.15) is 0 Å². The Morgan fingerprint density at radius 3 is 2.92 bits per heavy atom. The van der Waals surface area contributed by atoms with Crippen molar-refractivity contribution in [3.8, 4) is 5.88 Å². The number of ether oxygens (including phenoxy) is 1. The standard InChI is InChI=1S/C8H10N2O3/c1-13-7-3-2-6(4-10-7)9-5-8(11)12/h2-4,9H,5H2,1H3,(H,11,12). The minimum atomic E-state index is -0.907. The van der Waals surface area contributed by atoms with Crippen LogP contribution in [0.15, 0.2) is 18.3 Å². The first-order chi connectivity index (χ1) is 6.22. The van der Waals surface area contributed by atoms with E-state index in [-0.39, 0.29) is 6.54 Å². The van der Waals surface area contributed by atoms with Crippen LogP contribution in [0.4, 0.5) is 5.69 Å². The Hall–Kier alpha value is -1.78. The van der Waals surface area contributed by atoms with Crippen molar-refractivity contribution in [2.45, 2.75) is 0 Å². The van der Waals surface area contributed by atoms with Gasteiger partial charge in [-0.15, -0.1) is 0 Å². The number of aliphatic carboxylic acids is 1. The zero-order valence-electron chi connectivity index (χ0n) is 7.15. The maximum atomic E-state index is 10.2. The predicted molar refractivity (Wildman–Crippen MR) is 46.9 cm³/mol. The molecule has 0 aromatic carbocycles. The number of carboxylic acid groups (broad SMARTS) is 1. The lowest BCUT2D eigenvalue weighted by atomic mass is 10.4. The van der Waals surface area contributed by atoms with Gasteiger partial charge in [-0.1, -0.05) is 0 Å². The summed E-state index contributed by atoms with van der Waals surface area (Å²) in [6.07, 6.45) is 1.52. The van der Waals surface area contributed by atoms with E-state index in [4.69, 9.17) is 9.84 Å². The lowest BCUT2D eigenvalue weighted by molar-refractivity contribution is -0.134. The summed E-state index contributed by atoms with van der Waals surface area (Å²) in [6, 6.07) is 3.36. The summed E-state index contributed by atoms with van der Waals surface area (Å²) < 4.78 is 4.84. The molecule has 70 valence electrons. The van der Waals surface area contributed by atoms with E-state index < -0.39 is 5.97 Å². The Labute approximate surface area is 75.4 Å². The number of methoxy groups -OCH3 is 1. The third-order valence-corrected chi connectivity index (χ3v) is 1.39. The zero-order valence-corrected chi connectivity index (χ0v) is 7.15. The normalized spacial score (nSPS) is 9.31. The number of rotatable bonds is 4. The molecular formula is C8H10N2O3. The fraction of sp³-hybridized carbons (Fsp3) is 0.250. The lowest BCUT2D eigenvalue weighted by Gasteiger charge is -2.03. The molecule has 0 unspecified atom stereocenters. The predicted octanol–water partition coefficient (Wildman–Crippen LogP) is 0.587. The van der Waals surface area contributed by atoms with Crippen LogP contribution in [-0.4, -0.2) is 29.7 Å². The van der Waals surface area contributed by atoms with Crippen LogP contribution in [-0.2, 0) is 4.79 Å². The summed E-state index contributed by atoms with van der Waals surface area (Å²) >= 11 is 0. The molecule has 0 fully saturated rings. The quantitative estimate of drug-likeness (QED) is 0.712. The second-order valence-electron chi connectivity index (χ2n) is 2.34. The molecule has 1 rings (SSSR count). The molecule has 5 heteroatoms. The molecule has 0 aliphatic heterocycles. The number of aromatic nitrogens is 1. The van der Waals surface area contributed by atoms with Crippen molar-refractivity contribution in [3.63, 3.8) is 0 Å². The number of pyridine rings is 1. The molecular weight excluding hydrogens is 172 g/mol. The Kier molecular flexibility index (Phi) is 3.08. The van der Waals surface area contributed by atoms with E-state index in [0.29, 0.717) is 11.6 Å². The van der Waals surface area contributed by atoms with Gasteiger partial charge in [-0.05, 0) is 6.07 Å². The lowest BCUT2D eigenvalue weighted by Crippen LogP contribution is -2.12. The molecule has 1 aromatic heterocycles. The number of hydrogen-bond donors (Lipinski definition) is 2. The van der Waals surface area contributed by atoms with E-state index in [9.17, 15) is 4.79 Å². The van der Waals surface area contributed by atoms with Crippen molar-refractivity contribution >= 4 is 11.7 Å². The first kappa shape index (κ1) is 9.31. The maximum absolute atomic E-state index is 10.2. The van der Waals surface area contributed by atoms with Gasteiger partial charge >= 0.3 is 5.97 Å². The van der Waals surface area contributed by atoms with Gasteiger partial charge < -0.3 is 15.2 Å². The monoisotopic (exact) mass is 182 g/mol. The number of carboxylic acids is 1. The third kappa shape index (κ3) is 2.98. The number of nitrogens with zero attached hydrogens (tertiary/aromatic N) is 1. The maximum Gasteiger partial charge on any atom is 0.322 e. The highest BCUT2D eigenvalue weighted by atomic mass is 16.5. The molecule has 5 nitrogen and oxygen atoms in total. The average Bonchev–Trinajstić information content (AvgIpc) is 2.15. The minimum Gasteiger partial charge on any atom is -0.481 e. The Balaban J connectivity index is 2.54. The summed E-state index contributed by atoms with van der Waals surface area (Å²) in [6.45, 7) is -0.117. The van der Waals surface area contributed by atoms with Crippen LogP contribution < -0.4 is 10.1 Å². The second-order valence-corrected chi connectivity index (χ2v) is 2.34. The number of anilines is 1. The molecule has 0 amide bonds. The highest BCUT2D eigenvalue weighted by Crippen LogP contribution is 2.09. The van der Waals surface area contributed by atoms with E-state index in [1.54, 1.807) is 12.1 Å². The van der Waals surface area contributed by atoms with Crippen molar-refractivity contribution in [1.82, 2.24) is 4.98 Å². The topological polar surface area (TPSA) is 71.5 Å². The smallest absolute Gasteiger partial charge is 0.322 e. The van der Waals surface area contributed by atoms with E-state index >= 15 is 0 Å².